The largest absolute Gasteiger partial charge is 0.371 e. The molecular formula is C10H20O4. The van der Waals surface area contributed by atoms with E-state index >= 15 is 0 Å². The Morgan fingerprint density at radius 3 is 1.93 bits per heavy atom. The quantitative estimate of drug-likeness (QED) is 0.560. The van der Waals surface area contributed by atoms with Crippen molar-refractivity contribution in [2.45, 2.75) is 40.1 Å². The first-order chi connectivity index (χ1) is 6.61. The van der Waals surface area contributed by atoms with Crippen LogP contribution in [0.25, 0.3) is 0 Å². The molecule has 0 aliphatic carbocycles. The van der Waals surface area contributed by atoms with Crippen molar-refractivity contribution in [1.82, 2.24) is 0 Å². The van der Waals surface area contributed by atoms with Gasteiger partial charge in [-0.05, 0) is 27.7 Å². The Bertz CT molecular complexity index is 150. The minimum atomic E-state index is -0.774. The van der Waals surface area contributed by atoms with Crippen molar-refractivity contribution < 1.29 is 19.0 Å². The van der Waals surface area contributed by atoms with Gasteiger partial charge in [-0.1, -0.05) is 0 Å². The van der Waals surface area contributed by atoms with Crippen LogP contribution in [0.2, 0.25) is 0 Å². The maximum Gasteiger partial charge on any atom is 0.220 e. The second-order valence-electron chi connectivity index (χ2n) is 3.07. The minimum absolute atomic E-state index is 0.0440. The molecule has 0 radical (unpaired) electrons. The van der Waals surface area contributed by atoms with Gasteiger partial charge < -0.3 is 14.2 Å². The van der Waals surface area contributed by atoms with E-state index in [9.17, 15) is 4.79 Å². The number of hydrogen-bond donors (Lipinski definition) is 0. The van der Waals surface area contributed by atoms with Crippen LogP contribution in [-0.4, -0.2) is 38.0 Å². The average Bonchev–Trinajstić information content (AvgIpc) is 2.14. The topological polar surface area (TPSA) is 44.8 Å². The summed E-state index contributed by atoms with van der Waals surface area (Å²) in [6, 6.07) is 0. The molecule has 84 valence electrons. The van der Waals surface area contributed by atoms with Crippen LogP contribution in [0.5, 0.6) is 0 Å². The standard InChI is InChI=1S/C10H20O4/c1-5-12-10(13-6-2)9(11)7-14-8(3)4/h8,10H,5-7H2,1-4H3. The molecule has 4 nitrogen and oxygen atoms in total. The molecule has 0 aliphatic heterocycles. The van der Waals surface area contributed by atoms with Gasteiger partial charge in [0.15, 0.2) is 0 Å². The summed E-state index contributed by atoms with van der Waals surface area (Å²) in [5, 5.41) is 0. The Hall–Kier alpha value is -0.450. The number of rotatable bonds is 8. The fourth-order valence-corrected chi connectivity index (χ4v) is 0.854. The molecule has 0 N–H and O–H groups in total. The molecule has 0 amide bonds. The number of carbonyl (C=O) groups is 1. The SMILES string of the molecule is CCOC(OCC)C(=O)COC(C)C. The first kappa shape index (κ1) is 13.5. The van der Waals surface area contributed by atoms with Crippen LogP contribution in [0.15, 0.2) is 0 Å². The maximum absolute atomic E-state index is 11.5. The molecule has 0 saturated heterocycles. The Labute approximate surface area is 85.5 Å². The fourth-order valence-electron chi connectivity index (χ4n) is 0.854. The summed E-state index contributed by atoms with van der Waals surface area (Å²) in [4.78, 5) is 11.5. The van der Waals surface area contributed by atoms with Gasteiger partial charge in [-0.25, -0.2) is 0 Å². The number of carbonyl (C=O) groups excluding carboxylic acids is 1. The van der Waals surface area contributed by atoms with E-state index in [1.54, 1.807) is 0 Å². The number of hydrogen-bond acceptors (Lipinski definition) is 4. The van der Waals surface area contributed by atoms with E-state index in [4.69, 9.17) is 14.2 Å². The van der Waals surface area contributed by atoms with E-state index in [1.807, 2.05) is 27.7 Å². The Kier molecular flexibility index (Phi) is 7.65. The van der Waals surface area contributed by atoms with Crippen LogP contribution < -0.4 is 0 Å². The van der Waals surface area contributed by atoms with Crippen LogP contribution in [0.3, 0.4) is 0 Å². The molecule has 0 aliphatic rings. The Balaban J connectivity index is 3.88. The third-order valence-electron chi connectivity index (χ3n) is 1.46. The van der Waals surface area contributed by atoms with E-state index in [-0.39, 0.29) is 18.5 Å². The molecule has 14 heavy (non-hydrogen) atoms. The lowest BCUT2D eigenvalue weighted by Gasteiger charge is -2.16. The van der Waals surface area contributed by atoms with Crippen molar-refractivity contribution >= 4 is 5.78 Å². The molecule has 0 spiro atoms. The molecule has 0 fully saturated rings. The summed E-state index contributed by atoms with van der Waals surface area (Å²) in [5.41, 5.74) is 0. The summed E-state index contributed by atoms with van der Waals surface area (Å²) in [6.45, 7) is 8.36. The second-order valence-corrected chi connectivity index (χ2v) is 3.07. The highest BCUT2D eigenvalue weighted by Crippen LogP contribution is 1.99. The van der Waals surface area contributed by atoms with Gasteiger partial charge in [-0.15, -0.1) is 0 Å². The lowest BCUT2D eigenvalue weighted by molar-refractivity contribution is -0.172. The smallest absolute Gasteiger partial charge is 0.220 e. The van der Waals surface area contributed by atoms with Crippen molar-refractivity contribution in [3.63, 3.8) is 0 Å². The summed E-state index contributed by atoms with van der Waals surface area (Å²) < 4.78 is 15.4. The molecule has 0 rings (SSSR count). The molecule has 0 bridgehead atoms. The van der Waals surface area contributed by atoms with E-state index in [0.29, 0.717) is 13.2 Å². The highest BCUT2D eigenvalue weighted by molar-refractivity contribution is 5.83. The van der Waals surface area contributed by atoms with Crippen molar-refractivity contribution in [3.05, 3.63) is 0 Å². The van der Waals surface area contributed by atoms with E-state index in [1.165, 1.54) is 0 Å². The molecular weight excluding hydrogens is 184 g/mol. The zero-order valence-electron chi connectivity index (χ0n) is 9.41. The fraction of sp³-hybridized carbons (Fsp3) is 0.900. The molecule has 0 heterocycles. The highest BCUT2D eigenvalue weighted by Gasteiger charge is 2.18. The Morgan fingerprint density at radius 1 is 1.07 bits per heavy atom. The summed E-state index contributed by atoms with van der Waals surface area (Å²) >= 11 is 0. The lowest BCUT2D eigenvalue weighted by atomic mass is 10.4. The summed E-state index contributed by atoms with van der Waals surface area (Å²) in [5.74, 6) is -0.164. The molecule has 0 aromatic rings. The van der Waals surface area contributed by atoms with Crippen LogP contribution in [0.4, 0.5) is 0 Å². The van der Waals surface area contributed by atoms with Gasteiger partial charge in [-0.2, -0.15) is 0 Å². The van der Waals surface area contributed by atoms with Gasteiger partial charge in [0.1, 0.15) is 6.61 Å². The zero-order valence-corrected chi connectivity index (χ0v) is 9.41. The average molecular weight is 204 g/mol. The Morgan fingerprint density at radius 2 is 1.57 bits per heavy atom. The van der Waals surface area contributed by atoms with Crippen LogP contribution in [0.1, 0.15) is 27.7 Å². The summed E-state index contributed by atoms with van der Waals surface area (Å²) in [7, 11) is 0. The predicted octanol–water partition coefficient (Wildman–Crippen LogP) is 1.38. The second kappa shape index (κ2) is 7.91. The normalized spacial score (nSPS) is 11.3. The third-order valence-corrected chi connectivity index (χ3v) is 1.46. The molecule has 0 saturated carbocycles. The van der Waals surface area contributed by atoms with Gasteiger partial charge in [0.2, 0.25) is 12.1 Å². The lowest BCUT2D eigenvalue weighted by Crippen LogP contribution is -2.31. The monoisotopic (exact) mass is 204 g/mol. The molecule has 0 aromatic heterocycles. The van der Waals surface area contributed by atoms with Gasteiger partial charge in [0.05, 0.1) is 6.10 Å². The molecule has 0 unspecified atom stereocenters. The van der Waals surface area contributed by atoms with Crippen LogP contribution in [-0.2, 0) is 19.0 Å². The van der Waals surface area contributed by atoms with Gasteiger partial charge in [0, 0.05) is 13.2 Å². The van der Waals surface area contributed by atoms with Gasteiger partial charge in [-0.3, -0.25) is 4.79 Å². The first-order valence-corrected chi connectivity index (χ1v) is 4.99. The zero-order chi connectivity index (χ0) is 11.0. The van der Waals surface area contributed by atoms with E-state index in [2.05, 4.69) is 0 Å². The first-order valence-electron chi connectivity index (χ1n) is 4.99. The molecule has 0 atom stereocenters. The van der Waals surface area contributed by atoms with Crippen LogP contribution >= 0.6 is 0 Å². The third kappa shape index (κ3) is 6.07. The number of Topliss-reactive ketones (excluding diaryl/α,β-unsaturated/α-hetero) is 1. The van der Waals surface area contributed by atoms with Crippen LogP contribution in [0, 0.1) is 0 Å². The highest BCUT2D eigenvalue weighted by atomic mass is 16.7. The number of ketones is 1. The van der Waals surface area contributed by atoms with Crippen molar-refractivity contribution in [2.75, 3.05) is 19.8 Å². The van der Waals surface area contributed by atoms with Gasteiger partial charge in [0.25, 0.3) is 0 Å². The summed E-state index contributed by atoms with van der Waals surface area (Å²) in [6.07, 6.45) is -0.730. The van der Waals surface area contributed by atoms with Crippen molar-refractivity contribution in [3.8, 4) is 0 Å². The van der Waals surface area contributed by atoms with Gasteiger partial charge >= 0.3 is 0 Å². The molecule has 4 heteroatoms. The predicted molar refractivity (Wildman–Crippen MR) is 53.1 cm³/mol. The van der Waals surface area contributed by atoms with Crippen molar-refractivity contribution in [1.29, 1.82) is 0 Å². The van der Waals surface area contributed by atoms with E-state index in [0.717, 1.165) is 0 Å². The maximum atomic E-state index is 11.5. The number of ether oxygens (including phenoxy) is 3. The van der Waals surface area contributed by atoms with Crippen molar-refractivity contribution in [2.24, 2.45) is 0 Å². The minimum Gasteiger partial charge on any atom is -0.371 e. The van der Waals surface area contributed by atoms with E-state index < -0.39 is 6.29 Å². The molecule has 0 aromatic carbocycles.